The molecule has 3 aromatic rings. The number of alkyl halides is 3. The van der Waals surface area contributed by atoms with Gasteiger partial charge in [-0.2, -0.15) is 23.1 Å². The van der Waals surface area contributed by atoms with Gasteiger partial charge in [0.25, 0.3) is 0 Å². The summed E-state index contributed by atoms with van der Waals surface area (Å²) in [5.41, 5.74) is 3.27. The second kappa shape index (κ2) is 10.2. The van der Waals surface area contributed by atoms with E-state index < -0.39 is 29.1 Å². The summed E-state index contributed by atoms with van der Waals surface area (Å²) in [7, 11) is 0. The first-order chi connectivity index (χ1) is 20.5. The van der Waals surface area contributed by atoms with Crippen molar-refractivity contribution in [1.29, 1.82) is 0 Å². The van der Waals surface area contributed by atoms with Crippen LogP contribution in [0.2, 0.25) is 5.02 Å². The third kappa shape index (κ3) is 4.87. The van der Waals surface area contributed by atoms with Gasteiger partial charge in [-0.05, 0) is 63.7 Å². The third-order valence-electron chi connectivity index (χ3n) is 9.59. The maximum absolute atomic E-state index is 14.7. The molecule has 1 aromatic carbocycles. The number of nitrogens with two attached hydrogens (primary N) is 1. The number of pyridine rings is 1. The van der Waals surface area contributed by atoms with Gasteiger partial charge in [-0.1, -0.05) is 17.7 Å². The molecule has 13 heteroatoms. The number of piperazine rings is 1. The number of nitrogen functional groups attached to an aromatic ring is 1. The molecule has 0 saturated carbocycles. The molecule has 4 saturated heterocycles. The molecule has 4 aliphatic heterocycles. The second-order valence-corrected chi connectivity index (χ2v) is 12.7. The van der Waals surface area contributed by atoms with E-state index in [9.17, 15) is 17.6 Å². The maximum Gasteiger partial charge on any atom is 0.421 e. The van der Waals surface area contributed by atoms with Gasteiger partial charge in [0.05, 0.1) is 27.3 Å². The number of hydrogen-bond acceptors (Lipinski definition) is 8. The van der Waals surface area contributed by atoms with Gasteiger partial charge in [0.15, 0.2) is 0 Å². The van der Waals surface area contributed by atoms with Gasteiger partial charge in [-0.25, -0.2) is 9.37 Å². The lowest BCUT2D eigenvalue weighted by atomic mass is 9.95. The van der Waals surface area contributed by atoms with Crippen LogP contribution in [-0.2, 0) is 6.18 Å². The van der Waals surface area contributed by atoms with E-state index in [0.29, 0.717) is 42.5 Å². The summed E-state index contributed by atoms with van der Waals surface area (Å²) in [4.78, 5) is 18.0. The summed E-state index contributed by atoms with van der Waals surface area (Å²) in [6, 6.07) is 3.81. The highest BCUT2D eigenvalue weighted by Gasteiger charge is 2.46. The summed E-state index contributed by atoms with van der Waals surface area (Å²) in [6.07, 6.45) is 3.07. The van der Waals surface area contributed by atoms with Crippen molar-refractivity contribution in [3.05, 3.63) is 47.3 Å². The number of nitrogens with zero attached hydrogens (tertiary/aromatic N) is 5. The van der Waals surface area contributed by atoms with Crippen LogP contribution < -0.4 is 20.7 Å². The van der Waals surface area contributed by atoms with Crippen molar-refractivity contribution in [2.45, 2.75) is 61.8 Å². The standard InChI is InChI=1S/C30H32ClF4N7O/c1-2-28-8-5-17(40-28)14-41(15-28)26-19-11-20(31)18(25-24(30(33,34)35)21(32)13-23(36)38-25)12-22(19)37-27(39-26)43-16-29-6-3-9-42(29)10-4-7-29/h2,11-13,17,40H,1,3-10,14-16H2,(H2,36,38). The lowest BCUT2D eigenvalue weighted by molar-refractivity contribution is -0.139. The Morgan fingerprint density at radius 3 is 2.63 bits per heavy atom. The van der Waals surface area contributed by atoms with E-state index in [4.69, 9.17) is 27.1 Å². The molecule has 0 amide bonds. The molecule has 2 bridgehead atoms. The molecule has 6 heterocycles. The quantitative estimate of drug-likeness (QED) is 0.273. The number of hydrogen-bond donors (Lipinski definition) is 2. The number of nitrogens with one attached hydrogen (secondary N) is 1. The molecule has 2 atom stereocenters. The van der Waals surface area contributed by atoms with Gasteiger partial charge in [-0.15, -0.1) is 6.58 Å². The molecular weight excluding hydrogens is 586 g/mol. The van der Waals surface area contributed by atoms with Crippen molar-refractivity contribution in [3.8, 4) is 17.3 Å². The van der Waals surface area contributed by atoms with E-state index in [0.717, 1.165) is 51.6 Å². The molecule has 7 rings (SSSR count). The maximum atomic E-state index is 14.7. The Hall–Kier alpha value is -3.22. The molecule has 0 aliphatic carbocycles. The highest BCUT2D eigenvalue weighted by molar-refractivity contribution is 6.34. The zero-order valence-electron chi connectivity index (χ0n) is 23.5. The predicted molar refractivity (Wildman–Crippen MR) is 157 cm³/mol. The highest BCUT2D eigenvalue weighted by Crippen LogP contribution is 2.44. The smallest absolute Gasteiger partial charge is 0.421 e. The average molecular weight is 618 g/mol. The van der Waals surface area contributed by atoms with E-state index in [1.54, 1.807) is 0 Å². The van der Waals surface area contributed by atoms with Crippen molar-refractivity contribution in [1.82, 2.24) is 25.2 Å². The van der Waals surface area contributed by atoms with E-state index in [1.165, 1.54) is 12.1 Å². The Morgan fingerprint density at radius 1 is 1.14 bits per heavy atom. The lowest BCUT2D eigenvalue weighted by Crippen LogP contribution is -2.58. The minimum atomic E-state index is -5.03. The zero-order valence-corrected chi connectivity index (χ0v) is 24.2. The van der Waals surface area contributed by atoms with Crippen molar-refractivity contribution >= 4 is 34.1 Å². The fraction of sp³-hybridized carbons (Fsp3) is 0.500. The number of aromatic nitrogens is 3. The average Bonchev–Trinajstić information content (AvgIpc) is 3.62. The monoisotopic (exact) mass is 617 g/mol. The Labute approximate surface area is 251 Å². The van der Waals surface area contributed by atoms with E-state index in [-0.39, 0.29) is 33.7 Å². The van der Waals surface area contributed by atoms with Crippen molar-refractivity contribution in [2.75, 3.05) is 43.4 Å². The fourth-order valence-corrected chi connectivity index (χ4v) is 7.81. The summed E-state index contributed by atoms with van der Waals surface area (Å²) >= 11 is 6.64. The lowest BCUT2D eigenvalue weighted by Gasteiger charge is -2.40. The number of benzene rings is 1. The van der Waals surface area contributed by atoms with Crippen LogP contribution in [0.15, 0.2) is 30.9 Å². The second-order valence-electron chi connectivity index (χ2n) is 12.3. The summed E-state index contributed by atoms with van der Waals surface area (Å²) < 4.78 is 63.0. The van der Waals surface area contributed by atoms with Gasteiger partial charge >= 0.3 is 12.2 Å². The van der Waals surface area contributed by atoms with Crippen molar-refractivity contribution in [3.63, 3.8) is 0 Å². The van der Waals surface area contributed by atoms with E-state index in [2.05, 4.69) is 31.7 Å². The first-order valence-electron chi connectivity index (χ1n) is 14.6. The molecule has 2 aromatic heterocycles. The molecule has 4 aliphatic rings. The minimum absolute atomic E-state index is 0.0583. The van der Waals surface area contributed by atoms with Gasteiger partial charge in [-0.3, -0.25) is 4.90 Å². The fourth-order valence-electron chi connectivity index (χ4n) is 7.56. The largest absolute Gasteiger partial charge is 0.461 e. The summed E-state index contributed by atoms with van der Waals surface area (Å²) in [5, 5.41) is 4.13. The molecule has 228 valence electrons. The molecule has 8 nitrogen and oxygen atoms in total. The van der Waals surface area contributed by atoms with Crippen LogP contribution in [-0.4, -0.2) is 69.8 Å². The van der Waals surface area contributed by atoms with Crippen LogP contribution in [0.3, 0.4) is 0 Å². The highest BCUT2D eigenvalue weighted by atomic mass is 35.5. The van der Waals surface area contributed by atoms with Crippen molar-refractivity contribution in [2.24, 2.45) is 0 Å². The molecule has 3 N–H and O–H groups in total. The number of halogens is 5. The Kier molecular flexibility index (Phi) is 6.75. The molecule has 4 fully saturated rings. The molecule has 43 heavy (non-hydrogen) atoms. The van der Waals surface area contributed by atoms with Crippen LogP contribution in [0.5, 0.6) is 6.01 Å². The minimum Gasteiger partial charge on any atom is -0.461 e. The Morgan fingerprint density at radius 2 is 1.91 bits per heavy atom. The Bertz CT molecular complexity index is 1610. The van der Waals surface area contributed by atoms with Crippen LogP contribution in [0.4, 0.5) is 29.2 Å². The summed E-state index contributed by atoms with van der Waals surface area (Å²) in [5.74, 6) is -1.35. The number of ether oxygens (including phenoxy) is 1. The normalized spacial score (nSPS) is 25.0. The van der Waals surface area contributed by atoms with Crippen LogP contribution in [0.1, 0.15) is 44.1 Å². The number of rotatable bonds is 6. The first-order valence-corrected chi connectivity index (χ1v) is 15.0. The van der Waals surface area contributed by atoms with Gasteiger partial charge in [0.2, 0.25) is 0 Å². The van der Waals surface area contributed by atoms with E-state index in [1.807, 2.05) is 6.08 Å². The van der Waals surface area contributed by atoms with Gasteiger partial charge < -0.3 is 20.7 Å². The van der Waals surface area contributed by atoms with Crippen LogP contribution >= 0.6 is 11.6 Å². The predicted octanol–water partition coefficient (Wildman–Crippen LogP) is 5.59. The molecule has 2 unspecified atom stereocenters. The third-order valence-corrected chi connectivity index (χ3v) is 9.90. The van der Waals surface area contributed by atoms with Gasteiger partial charge in [0, 0.05) is 36.1 Å². The SMILES string of the molecule is C=CC12CCC(CN(c3nc(OCC45CCCN4CCC5)nc4cc(-c5nc(N)cc(F)c5C(F)(F)F)c(Cl)cc34)C1)N2. The first kappa shape index (κ1) is 28.5. The molecular formula is C30H32ClF4N7O. The van der Waals surface area contributed by atoms with Crippen LogP contribution in [0.25, 0.3) is 22.2 Å². The Balaban J connectivity index is 1.36. The number of anilines is 2. The van der Waals surface area contributed by atoms with Crippen LogP contribution in [0, 0.1) is 5.82 Å². The zero-order chi connectivity index (χ0) is 30.1. The molecule has 0 radical (unpaired) electrons. The molecule has 0 spiro atoms. The topological polar surface area (TPSA) is 92.4 Å². The summed E-state index contributed by atoms with van der Waals surface area (Å²) in [6.45, 7) is 7.80. The number of fused-ring (bicyclic) bond motifs is 4. The van der Waals surface area contributed by atoms with Gasteiger partial charge in [0.1, 0.15) is 29.6 Å². The van der Waals surface area contributed by atoms with Crippen molar-refractivity contribution < 1.29 is 22.3 Å². The van der Waals surface area contributed by atoms with E-state index >= 15 is 0 Å².